The molecular formula is C12H16F2N2O. The van der Waals surface area contributed by atoms with E-state index < -0.39 is 17.7 Å². The van der Waals surface area contributed by atoms with Gasteiger partial charge in [-0.3, -0.25) is 0 Å². The molecule has 0 aromatic heterocycles. The third-order valence-electron chi connectivity index (χ3n) is 2.50. The molecule has 0 unspecified atom stereocenters. The molecule has 0 saturated carbocycles. The van der Waals surface area contributed by atoms with Crippen molar-refractivity contribution >= 4 is 11.7 Å². The predicted molar refractivity (Wildman–Crippen MR) is 62.9 cm³/mol. The molecule has 5 heteroatoms. The summed E-state index contributed by atoms with van der Waals surface area (Å²) in [4.78, 5) is 11.5. The minimum absolute atomic E-state index is 0.0339. The summed E-state index contributed by atoms with van der Waals surface area (Å²) in [5.41, 5.74) is -0.159. The number of halogens is 2. The smallest absolute Gasteiger partial charge is 0.319 e. The Morgan fingerprint density at radius 2 is 1.94 bits per heavy atom. The Labute approximate surface area is 99.2 Å². The van der Waals surface area contributed by atoms with Gasteiger partial charge in [-0.1, -0.05) is 13.8 Å². The van der Waals surface area contributed by atoms with E-state index in [0.29, 0.717) is 0 Å². The third kappa shape index (κ3) is 4.01. The van der Waals surface area contributed by atoms with Crippen molar-refractivity contribution in [1.82, 2.24) is 5.32 Å². The predicted octanol–water partition coefficient (Wildman–Crippen LogP) is 3.27. The number of hydrogen-bond donors (Lipinski definition) is 2. The first-order valence-corrected chi connectivity index (χ1v) is 5.59. The standard InChI is InChI=1S/C12H16F2N2O/c1-3-9(4-2)15-12(17)16-11-7-8(13)5-6-10(11)14/h5-7,9H,3-4H2,1-2H3,(H2,15,16,17). The second-order valence-corrected chi connectivity index (χ2v) is 3.74. The minimum atomic E-state index is -0.661. The quantitative estimate of drug-likeness (QED) is 0.835. The van der Waals surface area contributed by atoms with E-state index in [1.165, 1.54) is 0 Å². The Morgan fingerprint density at radius 1 is 1.29 bits per heavy atom. The summed E-state index contributed by atoms with van der Waals surface area (Å²) in [7, 11) is 0. The highest BCUT2D eigenvalue weighted by Crippen LogP contribution is 2.15. The minimum Gasteiger partial charge on any atom is -0.335 e. The Kier molecular flexibility index (Phi) is 4.87. The maximum atomic E-state index is 13.2. The number of hydrogen-bond acceptors (Lipinski definition) is 1. The molecule has 0 aliphatic heterocycles. The Morgan fingerprint density at radius 3 is 2.53 bits per heavy atom. The highest BCUT2D eigenvalue weighted by atomic mass is 19.1. The van der Waals surface area contributed by atoms with E-state index in [-0.39, 0.29) is 11.7 Å². The largest absolute Gasteiger partial charge is 0.335 e. The number of anilines is 1. The highest BCUT2D eigenvalue weighted by Gasteiger charge is 2.11. The van der Waals surface area contributed by atoms with Gasteiger partial charge in [-0.25, -0.2) is 13.6 Å². The van der Waals surface area contributed by atoms with Gasteiger partial charge < -0.3 is 10.6 Å². The van der Waals surface area contributed by atoms with Crippen LogP contribution in [0.2, 0.25) is 0 Å². The average Bonchev–Trinajstić information content (AvgIpc) is 2.31. The number of nitrogens with one attached hydrogen (secondary N) is 2. The number of carbonyl (C=O) groups excluding carboxylic acids is 1. The third-order valence-corrected chi connectivity index (χ3v) is 2.50. The molecule has 17 heavy (non-hydrogen) atoms. The van der Waals surface area contributed by atoms with E-state index in [1.807, 2.05) is 13.8 Å². The van der Waals surface area contributed by atoms with Gasteiger partial charge in [0.2, 0.25) is 0 Å². The first kappa shape index (κ1) is 13.4. The van der Waals surface area contributed by atoms with Crippen LogP contribution < -0.4 is 10.6 Å². The lowest BCUT2D eigenvalue weighted by atomic mass is 10.2. The van der Waals surface area contributed by atoms with Gasteiger partial charge in [0.1, 0.15) is 11.6 Å². The lowest BCUT2D eigenvalue weighted by molar-refractivity contribution is 0.247. The second kappa shape index (κ2) is 6.18. The van der Waals surface area contributed by atoms with Crippen LogP contribution in [0.15, 0.2) is 18.2 Å². The molecule has 1 rings (SSSR count). The summed E-state index contributed by atoms with van der Waals surface area (Å²) in [6.07, 6.45) is 1.57. The first-order valence-electron chi connectivity index (χ1n) is 5.59. The van der Waals surface area contributed by atoms with Crippen molar-refractivity contribution in [3.05, 3.63) is 29.8 Å². The van der Waals surface area contributed by atoms with Crippen LogP contribution in [-0.4, -0.2) is 12.1 Å². The number of carbonyl (C=O) groups is 1. The van der Waals surface area contributed by atoms with Crippen LogP contribution in [0.3, 0.4) is 0 Å². The maximum Gasteiger partial charge on any atom is 0.319 e. The fourth-order valence-electron chi connectivity index (χ4n) is 1.43. The fraction of sp³-hybridized carbons (Fsp3) is 0.417. The zero-order valence-corrected chi connectivity index (χ0v) is 9.89. The summed E-state index contributed by atoms with van der Waals surface area (Å²) >= 11 is 0. The lowest BCUT2D eigenvalue weighted by Gasteiger charge is -2.15. The average molecular weight is 242 g/mol. The van der Waals surface area contributed by atoms with Gasteiger partial charge >= 0.3 is 6.03 Å². The maximum absolute atomic E-state index is 13.2. The molecule has 0 radical (unpaired) electrons. The summed E-state index contributed by atoms with van der Waals surface area (Å²) < 4.78 is 26.1. The highest BCUT2D eigenvalue weighted by molar-refractivity contribution is 5.89. The SMILES string of the molecule is CCC(CC)NC(=O)Nc1cc(F)ccc1F. The van der Waals surface area contributed by atoms with Crippen LogP contribution in [-0.2, 0) is 0 Å². The van der Waals surface area contributed by atoms with Crippen molar-refractivity contribution in [3.8, 4) is 0 Å². The van der Waals surface area contributed by atoms with Crippen molar-refractivity contribution in [2.24, 2.45) is 0 Å². The van der Waals surface area contributed by atoms with Gasteiger partial charge in [0, 0.05) is 12.1 Å². The van der Waals surface area contributed by atoms with E-state index in [4.69, 9.17) is 0 Å². The van der Waals surface area contributed by atoms with Gasteiger partial charge in [0.15, 0.2) is 0 Å². The van der Waals surface area contributed by atoms with Gasteiger partial charge in [-0.2, -0.15) is 0 Å². The van der Waals surface area contributed by atoms with Crippen molar-refractivity contribution < 1.29 is 13.6 Å². The first-order chi connectivity index (χ1) is 8.06. The molecule has 3 nitrogen and oxygen atoms in total. The molecule has 0 spiro atoms. The van der Waals surface area contributed by atoms with Crippen LogP contribution in [0.25, 0.3) is 0 Å². The second-order valence-electron chi connectivity index (χ2n) is 3.74. The zero-order valence-electron chi connectivity index (χ0n) is 9.89. The number of amides is 2. The van der Waals surface area contributed by atoms with Gasteiger partial charge in [0.05, 0.1) is 5.69 Å². The molecule has 0 saturated heterocycles. The molecule has 1 aromatic rings. The molecular weight excluding hydrogens is 226 g/mol. The molecule has 2 N–H and O–H groups in total. The van der Waals surface area contributed by atoms with Crippen molar-refractivity contribution in [2.45, 2.75) is 32.7 Å². The van der Waals surface area contributed by atoms with Crippen molar-refractivity contribution in [1.29, 1.82) is 0 Å². The monoisotopic (exact) mass is 242 g/mol. The molecule has 0 aliphatic rings. The molecule has 0 atom stereocenters. The van der Waals surface area contributed by atoms with E-state index in [9.17, 15) is 13.6 Å². The van der Waals surface area contributed by atoms with Gasteiger partial charge in [0.25, 0.3) is 0 Å². The molecule has 2 amide bonds. The Bertz CT molecular complexity index is 392. The van der Waals surface area contributed by atoms with E-state index in [2.05, 4.69) is 10.6 Å². The molecule has 1 aromatic carbocycles. The van der Waals surface area contributed by atoms with Crippen LogP contribution in [0.4, 0.5) is 19.3 Å². The van der Waals surface area contributed by atoms with Crippen LogP contribution in [0.1, 0.15) is 26.7 Å². The summed E-state index contributed by atoms with van der Waals surface area (Å²) in [5.74, 6) is -1.25. The van der Waals surface area contributed by atoms with Gasteiger partial charge in [-0.05, 0) is 25.0 Å². The molecule has 0 aliphatic carbocycles. The normalized spacial score (nSPS) is 10.4. The van der Waals surface area contributed by atoms with Crippen molar-refractivity contribution in [3.63, 3.8) is 0 Å². The Hall–Kier alpha value is -1.65. The topological polar surface area (TPSA) is 41.1 Å². The van der Waals surface area contributed by atoms with Gasteiger partial charge in [-0.15, -0.1) is 0 Å². The number of rotatable bonds is 4. The molecule has 0 heterocycles. The summed E-state index contributed by atoms with van der Waals surface area (Å²) in [6, 6.07) is 2.43. The van der Waals surface area contributed by atoms with E-state index in [0.717, 1.165) is 31.0 Å². The molecule has 0 bridgehead atoms. The van der Waals surface area contributed by atoms with Crippen LogP contribution >= 0.6 is 0 Å². The summed E-state index contributed by atoms with van der Waals surface area (Å²) in [6.45, 7) is 3.88. The molecule has 94 valence electrons. The van der Waals surface area contributed by atoms with Crippen LogP contribution in [0, 0.1) is 11.6 Å². The summed E-state index contributed by atoms with van der Waals surface area (Å²) in [5, 5.41) is 4.96. The Balaban J connectivity index is 2.64. The molecule has 0 fully saturated rings. The number of urea groups is 1. The van der Waals surface area contributed by atoms with Crippen LogP contribution in [0.5, 0.6) is 0 Å². The number of benzene rings is 1. The lowest BCUT2D eigenvalue weighted by Crippen LogP contribution is -2.37. The fourth-order valence-corrected chi connectivity index (χ4v) is 1.43. The van der Waals surface area contributed by atoms with Crippen molar-refractivity contribution in [2.75, 3.05) is 5.32 Å². The van der Waals surface area contributed by atoms with E-state index >= 15 is 0 Å². The zero-order chi connectivity index (χ0) is 12.8. The van der Waals surface area contributed by atoms with E-state index in [1.54, 1.807) is 0 Å².